The molecule has 2 aliphatic heterocycles. The fraction of sp³-hybridized carbons (Fsp3) is 0.407. The van der Waals surface area contributed by atoms with Crippen LogP contribution in [0.1, 0.15) is 27.7 Å². The Morgan fingerprint density at radius 1 is 1.26 bits per heavy atom. The summed E-state index contributed by atoms with van der Waals surface area (Å²) < 4.78 is 67.7. The van der Waals surface area contributed by atoms with E-state index in [1.54, 1.807) is 50.2 Å². The van der Waals surface area contributed by atoms with E-state index < -0.39 is 62.2 Å². The van der Waals surface area contributed by atoms with Gasteiger partial charge in [0, 0.05) is 11.6 Å². The van der Waals surface area contributed by atoms with Crippen LogP contribution in [0.4, 0.5) is 8.78 Å². The third-order valence-electron chi connectivity index (χ3n) is 6.48. The van der Waals surface area contributed by atoms with Crippen LogP contribution in [0.5, 0.6) is 5.75 Å². The van der Waals surface area contributed by atoms with Crippen molar-refractivity contribution in [3.05, 3.63) is 65.5 Å². The van der Waals surface area contributed by atoms with Gasteiger partial charge < -0.3 is 29.3 Å². The predicted molar refractivity (Wildman–Crippen MR) is 152 cm³/mol. The fourth-order valence-electron chi connectivity index (χ4n) is 4.38. The van der Waals surface area contributed by atoms with Gasteiger partial charge in [0.1, 0.15) is 24.2 Å². The number of benzene rings is 2. The highest BCUT2D eigenvalue weighted by Gasteiger charge is 2.66. The number of fused-ring (bicyclic) bond motifs is 1. The number of ether oxygens (including phenoxy) is 2. The number of carbonyl (C=O) groups is 2. The lowest BCUT2D eigenvalue weighted by molar-refractivity contribution is -0.206. The molecular formula is C27H31BrF2N3O8P. The van der Waals surface area contributed by atoms with E-state index in [1.807, 2.05) is 0 Å². The molecule has 0 radical (unpaired) electrons. The quantitative estimate of drug-likeness (QED) is 0.244. The molecule has 0 bridgehead atoms. The molecule has 0 aromatic heterocycles. The smallest absolute Gasteiger partial charge is 0.459 e. The molecule has 6 atom stereocenters. The van der Waals surface area contributed by atoms with Crippen molar-refractivity contribution in [3.8, 4) is 5.75 Å². The Morgan fingerprint density at radius 3 is 2.62 bits per heavy atom. The minimum atomic E-state index is -4.66. The molecule has 4 rings (SSSR count). The number of esters is 1. The van der Waals surface area contributed by atoms with E-state index in [0.29, 0.717) is 5.39 Å². The van der Waals surface area contributed by atoms with Crippen LogP contribution in [-0.2, 0) is 28.2 Å². The van der Waals surface area contributed by atoms with Crippen molar-refractivity contribution in [2.75, 3.05) is 6.61 Å². The van der Waals surface area contributed by atoms with Gasteiger partial charge in [-0.15, -0.1) is 0 Å². The average molecular weight is 674 g/mol. The van der Waals surface area contributed by atoms with E-state index in [-0.39, 0.29) is 16.1 Å². The van der Waals surface area contributed by atoms with Crippen molar-refractivity contribution >= 4 is 46.3 Å². The summed E-state index contributed by atoms with van der Waals surface area (Å²) in [6.07, 6.45) is -3.64. The first-order valence-corrected chi connectivity index (χ1v) is 15.2. The molecule has 2 heterocycles. The molecular weight excluding hydrogens is 643 g/mol. The van der Waals surface area contributed by atoms with Crippen LogP contribution < -0.4 is 14.9 Å². The maximum absolute atomic E-state index is 16.2. The van der Waals surface area contributed by atoms with Crippen molar-refractivity contribution in [3.63, 3.8) is 0 Å². The Balaban J connectivity index is 1.62. The van der Waals surface area contributed by atoms with Gasteiger partial charge in [0.25, 0.3) is 11.8 Å². The molecule has 3 N–H and O–H groups in total. The molecule has 2 aromatic rings. The van der Waals surface area contributed by atoms with Crippen molar-refractivity contribution in [2.45, 2.75) is 63.7 Å². The van der Waals surface area contributed by atoms with Crippen LogP contribution in [0.3, 0.4) is 0 Å². The molecule has 0 saturated carbocycles. The van der Waals surface area contributed by atoms with Gasteiger partial charge in [-0.25, -0.2) is 13.3 Å². The second-order valence-electron chi connectivity index (χ2n) is 10.3. The summed E-state index contributed by atoms with van der Waals surface area (Å²) >= 11 is 3.01. The molecule has 2 unspecified atom stereocenters. The van der Waals surface area contributed by atoms with E-state index in [4.69, 9.17) is 18.5 Å². The number of hydrogen-bond donors (Lipinski definition) is 3. The van der Waals surface area contributed by atoms with E-state index in [1.165, 1.54) is 13.0 Å². The first kappa shape index (κ1) is 32.1. The highest BCUT2D eigenvalue weighted by molar-refractivity contribution is 9.12. The Hall–Kier alpha value is -2.87. The Kier molecular flexibility index (Phi) is 9.17. The number of nitrogens with one attached hydrogen (secondary N) is 2. The zero-order valence-corrected chi connectivity index (χ0v) is 25.7. The molecule has 1 saturated heterocycles. The molecule has 1 fully saturated rings. The number of hydrogen-bond acceptors (Lipinski definition) is 9. The summed E-state index contributed by atoms with van der Waals surface area (Å²) in [7, 11) is -4.66. The molecule has 2 aliphatic rings. The first-order chi connectivity index (χ1) is 19.6. The maximum atomic E-state index is 16.2. The second kappa shape index (κ2) is 12.0. The summed E-state index contributed by atoms with van der Waals surface area (Å²) in [6, 6.07) is 10.7. The molecule has 42 heavy (non-hydrogen) atoms. The number of carbonyl (C=O) groups excluding carboxylic acids is 2. The fourth-order valence-corrected chi connectivity index (χ4v) is 6.22. The molecule has 0 spiro atoms. The van der Waals surface area contributed by atoms with Crippen LogP contribution in [0.2, 0.25) is 0 Å². The van der Waals surface area contributed by atoms with Crippen LogP contribution in [0.25, 0.3) is 10.8 Å². The lowest BCUT2D eigenvalue weighted by atomic mass is 9.96. The lowest BCUT2D eigenvalue weighted by Crippen LogP contribution is -2.52. The number of nitrogens with zero attached hydrogens (tertiary/aromatic N) is 1. The number of rotatable bonds is 10. The molecule has 228 valence electrons. The highest BCUT2D eigenvalue weighted by Crippen LogP contribution is 2.51. The summed E-state index contributed by atoms with van der Waals surface area (Å²) in [4.78, 5) is 25.4. The van der Waals surface area contributed by atoms with Crippen molar-refractivity contribution in [1.29, 1.82) is 0 Å². The van der Waals surface area contributed by atoms with Crippen molar-refractivity contribution < 1.29 is 46.6 Å². The largest absolute Gasteiger partial charge is 0.462 e. The van der Waals surface area contributed by atoms with Gasteiger partial charge in [0.05, 0.1) is 10.6 Å². The first-order valence-electron chi connectivity index (χ1n) is 12.9. The Labute approximate surface area is 249 Å². The van der Waals surface area contributed by atoms with Gasteiger partial charge in [-0.05, 0) is 55.1 Å². The summed E-state index contributed by atoms with van der Waals surface area (Å²) in [5.74, 6) is -4.69. The van der Waals surface area contributed by atoms with Gasteiger partial charge >= 0.3 is 13.7 Å². The second-order valence-corrected chi connectivity index (χ2v) is 12.8. The monoisotopic (exact) mass is 673 g/mol. The third kappa shape index (κ3) is 6.53. The molecule has 1 amide bonds. The minimum Gasteiger partial charge on any atom is -0.462 e. The number of amides is 1. The minimum absolute atomic E-state index is 0.0316. The van der Waals surface area contributed by atoms with Crippen molar-refractivity contribution in [1.82, 2.24) is 15.3 Å². The Morgan fingerprint density at radius 2 is 1.93 bits per heavy atom. The molecule has 11 nitrogen and oxygen atoms in total. The van der Waals surface area contributed by atoms with Crippen molar-refractivity contribution in [2.24, 2.45) is 0 Å². The summed E-state index contributed by atoms with van der Waals surface area (Å²) in [5.41, 5.74) is -2.78. The normalized spacial score (nSPS) is 28.3. The SMILES string of the molecule is C=C1NC(=O)C(Br)=CN1[C@@H]1O[C@](F)(COP(=O)(NC(C)C(=O)OC(C)C)Oc2cccc3ccccc23)[C@@H](O)[C@@]1(C)F. The van der Waals surface area contributed by atoms with Crippen LogP contribution in [0.15, 0.2) is 65.5 Å². The number of halogens is 3. The van der Waals surface area contributed by atoms with E-state index >= 15 is 8.78 Å². The number of aliphatic hydroxyl groups excluding tert-OH is 1. The lowest BCUT2D eigenvalue weighted by Gasteiger charge is -2.36. The molecule has 15 heteroatoms. The Bertz CT molecular complexity index is 1470. The van der Waals surface area contributed by atoms with Gasteiger partial charge in [-0.1, -0.05) is 43.0 Å². The van der Waals surface area contributed by atoms with Gasteiger partial charge in [0.15, 0.2) is 18.0 Å². The number of alkyl halides is 2. The van der Waals surface area contributed by atoms with Crippen LogP contribution in [-0.4, -0.2) is 64.5 Å². The van der Waals surface area contributed by atoms with E-state index in [2.05, 4.69) is 32.9 Å². The van der Waals surface area contributed by atoms with Crippen LogP contribution >= 0.6 is 23.7 Å². The number of aliphatic hydroxyl groups is 1. The summed E-state index contributed by atoms with van der Waals surface area (Å²) in [6.45, 7) is 7.81. The van der Waals surface area contributed by atoms with Gasteiger partial charge in [-0.3, -0.25) is 14.1 Å². The highest BCUT2D eigenvalue weighted by atomic mass is 79.9. The van der Waals surface area contributed by atoms with Gasteiger partial charge in [0.2, 0.25) is 0 Å². The van der Waals surface area contributed by atoms with Gasteiger partial charge in [-0.2, -0.15) is 5.09 Å². The topological polar surface area (TPSA) is 136 Å². The maximum Gasteiger partial charge on any atom is 0.459 e. The predicted octanol–water partition coefficient (Wildman–Crippen LogP) is 4.52. The van der Waals surface area contributed by atoms with Crippen LogP contribution in [0, 0.1) is 0 Å². The summed E-state index contributed by atoms with van der Waals surface area (Å²) in [5, 5.41) is 16.8. The average Bonchev–Trinajstić information content (AvgIpc) is 3.09. The zero-order valence-electron chi connectivity index (χ0n) is 23.2. The zero-order chi connectivity index (χ0) is 31.0. The van der Waals surface area contributed by atoms with E-state index in [0.717, 1.165) is 23.4 Å². The molecule has 0 aliphatic carbocycles. The third-order valence-corrected chi connectivity index (χ3v) is 8.66. The molecule has 2 aromatic carbocycles. The standard InChI is InChI=1S/C27H31BrF2N3O8P/c1-15(2)39-23(35)16(3)32-42(37,41-21-12-8-10-18-9-6-7-11-19(18)21)38-14-27(30)24(36)26(5,29)25(40-27)33-13-20(28)22(34)31-17(33)4/h6-13,15-16,24-25,36H,4,14H2,1-3,5H3,(H,31,34)(H,32,37)/t16?,24-,25+,26+,27+,42?/m0/s1. The van der Waals surface area contributed by atoms with E-state index in [9.17, 15) is 19.3 Å².